The fourth-order valence-electron chi connectivity index (χ4n) is 2.00. The van der Waals surface area contributed by atoms with Gasteiger partial charge >= 0.3 is 0 Å². The van der Waals surface area contributed by atoms with Crippen molar-refractivity contribution in [2.45, 2.75) is 30.6 Å². The first-order valence-corrected chi connectivity index (χ1v) is 9.56. The van der Waals surface area contributed by atoms with Gasteiger partial charge in [0.25, 0.3) is 0 Å². The van der Waals surface area contributed by atoms with E-state index in [0.717, 1.165) is 11.5 Å². The van der Waals surface area contributed by atoms with Gasteiger partial charge in [-0.1, -0.05) is 86.3 Å². The molecule has 22 heavy (non-hydrogen) atoms. The van der Waals surface area contributed by atoms with Gasteiger partial charge in [0.2, 0.25) is 0 Å². The van der Waals surface area contributed by atoms with Crippen molar-refractivity contribution < 1.29 is 4.79 Å². The van der Waals surface area contributed by atoms with Crippen molar-refractivity contribution in [2.75, 3.05) is 0 Å². The largest absolute Gasteiger partial charge is 0.287 e. The molecule has 1 nitrogen and oxygen atoms in total. The Kier molecular flexibility index (Phi) is 7.07. The van der Waals surface area contributed by atoms with Gasteiger partial charge in [0, 0.05) is 22.7 Å². The predicted molar refractivity (Wildman–Crippen MR) is 99.1 cm³/mol. The quantitative estimate of drug-likeness (QED) is 0.676. The molecule has 2 aromatic rings. The summed E-state index contributed by atoms with van der Waals surface area (Å²) in [6.45, 7) is 4.20. The van der Waals surface area contributed by atoms with Crippen molar-refractivity contribution in [2.24, 2.45) is 5.92 Å². The van der Waals surface area contributed by atoms with E-state index in [-0.39, 0.29) is 11.0 Å². The molecule has 116 valence electrons. The van der Waals surface area contributed by atoms with Crippen LogP contribution in [0.5, 0.6) is 0 Å². The van der Waals surface area contributed by atoms with E-state index >= 15 is 0 Å². The lowest BCUT2D eigenvalue weighted by Gasteiger charge is -2.18. The monoisotopic (exact) mass is 330 g/mol. The molecule has 0 bridgehead atoms. The minimum absolute atomic E-state index is 0.0717. The van der Waals surface area contributed by atoms with E-state index in [1.165, 1.54) is 22.9 Å². The molecule has 2 rings (SSSR count). The summed E-state index contributed by atoms with van der Waals surface area (Å²) in [5.41, 5.74) is 2.52. The van der Waals surface area contributed by atoms with Crippen molar-refractivity contribution in [3.8, 4) is 0 Å². The second-order valence-electron chi connectivity index (χ2n) is 5.38. The average molecular weight is 331 g/mol. The molecule has 0 fully saturated rings. The SMILES string of the molecule is C[C@H](SCc1ccccc1)[C@@H](C)C(=O)SCc1ccccc1. The maximum Gasteiger partial charge on any atom is 0.193 e. The maximum absolute atomic E-state index is 12.3. The number of hydrogen-bond donors (Lipinski definition) is 0. The smallest absolute Gasteiger partial charge is 0.193 e. The summed E-state index contributed by atoms with van der Waals surface area (Å²) in [5, 5.41) is 0.618. The Morgan fingerprint density at radius 2 is 1.36 bits per heavy atom. The summed E-state index contributed by atoms with van der Waals surface area (Å²) in [6, 6.07) is 20.6. The van der Waals surface area contributed by atoms with Gasteiger partial charge in [-0.2, -0.15) is 11.8 Å². The average Bonchev–Trinajstić information content (AvgIpc) is 2.58. The third kappa shape index (κ3) is 5.54. The van der Waals surface area contributed by atoms with Crippen molar-refractivity contribution >= 4 is 28.6 Å². The zero-order valence-electron chi connectivity index (χ0n) is 13.1. The number of carbonyl (C=O) groups excluding carboxylic acids is 1. The molecule has 0 amide bonds. The van der Waals surface area contributed by atoms with Crippen molar-refractivity contribution in [3.05, 3.63) is 71.8 Å². The molecule has 0 aromatic heterocycles. The van der Waals surface area contributed by atoms with Crippen LogP contribution < -0.4 is 0 Å². The zero-order valence-corrected chi connectivity index (χ0v) is 14.7. The second kappa shape index (κ2) is 9.06. The molecule has 3 heteroatoms. The molecule has 0 spiro atoms. The van der Waals surface area contributed by atoms with Crippen LogP contribution in [-0.2, 0) is 16.3 Å². The van der Waals surface area contributed by atoms with E-state index in [9.17, 15) is 4.79 Å². The molecule has 2 atom stereocenters. The normalized spacial score (nSPS) is 13.5. The third-order valence-corrected chi connectivity index (χ3v) is 6.22. The maximum atomic E-state index is 12.3. The summed E-state index contributed by atoms with van der Waals surface area (Å²) in [7, 11) is 0. The Balaban J connectivity index is 1.77. The molecule has 0 N–H and O–H groups in total. The Hall–Kier alpha value is -1.19. The number of carbonyl (C=O) groups is 1. The van der Waals surface area contributed by atoms with Crippen LogP contribution in [0.1, 0.15) is 25.0 Å². The number of rotatable bonds is 7. The summed E-state index contributed by atoms with van der Waals surface area (Å²) in [4.78, 5) is 12.3. The van der Waals surface area contributed by atoms with E-state index in [1.54, 1.807) is 0 Å². The van der Waals surface area contributed by atoms with E-state index < -0.39 is 0 Å². The standard InChI is InChI=1S/C19H22OS2/c1-15(16(2)21-13-17-9-5-3-6-10-17)19(20)22-14-18-11-7-4-8-12-18/h3-12,15-16H,13-14H2,1-2H3/t15-,16+/m1/s1. The minimum Gasteiger partial charge on any atom is -0.287 e. The van der Waals surface area contributed by atoms with Crippen LogP contribution in [0.15, 0.2) is 60.7 Å². The first-order valence-electron chi connectivity index (χ1n) is 7.53. The van der Waals surface area contributed by atoms with Crippen molar-refractivity contribution in [3.63, 3.8) is 0 Å². The van der Waals surface area contributed by atoms with Crippen LogP contribution in [0.2, 0.25) is 0 Å². The Morgan fingerprint density at radius 3 is 1.91 bits per heavy atom. The van der Waals surface area contributed by atoms with Gasteiger partial charge in [-0.15, -0.1) is 0 Å². The molecule has 0 unspecified atom stereocenters. The lowest BCUT2D eigenvalue weighted by atomic mass is 10.1. The Bertz CT molecular complexity index is 569. The molecular weight excluding hydrogens is 308 g/mol. The van der Waals surface area contributed by atoms with E-state index in [1.807, 2.05) is 43.0 Å². The molecule has 0 saturated heterocycles. The highest BCUT2D eigenvalue weighted by molar-refractivity contribution is 8.13. The Morgan fingerprint density at radius 1 is 0.864 bits per heavy atom. The van der Waals surface area contributed by atoms with Gasteiger partial charge in [0.1, 0.15) is 0 Å². The van der Waals surface area contributed by atoms with Gasteiger partial charge in [0.15, 0.2) is 5.12 Å². The number of benzene rings is 2. The van der Waals surface area contributed by atoms with Crippen LogP contribution in [0.4, 0.5) is 0 Å². The molecule has 2 aromatic carbocycles. The minimum atomic E-state index is 0.0717. The highest BCUT2D eigenvalue weighted by atomic mass is 32.2. The third-order valence-electron chi connectivity index (χ3n) is 3.66. The molecule has 0 aliphatic rings. The highest BCUT2D eigenvalue weighted by Crippen LogP contribution is 2.28. The van der Waals surface area contributed by atoms with Crippen LogP contribution in [0.3, 0.4) is 0 Å². The summed E-state index contributed by atoms with van der Waals surface area (Å²) >= 11 is 3.29. The topological polar surface area (TPSA) is 17.1 Å². The lowest BCUT2D eigenvalue weighted by molar-refractivity contribution is -0.113. The molecule has 0 aliphatic carbocycles. The molecule has 0 aliphatic heterocycles. The molecule has 0 radical (unpaired) electrons. The van der Waals surface area contributed by atoms with Gasteiger partial charge in [-0.05, 0) is 11.1 Å². The zero-order chi connectivity index (χ0) is 15.8. The number of hydrogen-bond acceptors (Lipinski definition) is 3. The van der Waals surface area contributed by atoms with E-state index in [0.29, 0.717) is 5.25 Å². The number of thioether (sulfide) groups is 2. The second-order valence-corrected chi connectivity index (χ2v) is 7.73. The van der Waals surface area contributed by atoms with Gasteiger partial charge < -0.3 is 0 Å². The molecule has 0 saturated carbocycles. The first-order chi connectivity index (χ1) is 10.7. The van der Waals surface area contributed by atoms with E-state index in [4.69, 9.17) is 0 Å². The van der Waals surface area contributed by atoms with Crippen molar-refractivity contribution in [1.82, 2.24) is 0 Å². The fourth-order valence-corrected chi connectivity index (χ4v) is 4.11. The molecular formula is C19H22OS2. The fraction of sp³-hybridized carbons (Fsp3) is 0.316. The van der Waals surface area contributed by atoms with Crippen molar-refractivity contribution in [1.29, 1.82) is 0 Å². The predicted octanol–water partition coefficient (Wildman–Crippen LogP) is 5.40. The first kappa shape index (κ1) is 17.2. The lowest BCUT2D eigenvalue weighted by Crippen LogP contribution is -2.18. The summed E-state index contributed by atoms with van der Waals surface area (Å²) in [5.74, 6) is 1.80. The van der Waals surface area contributed by atoms with Crippen LogP contribution in [0.25, 0.3) is 0 Å². The molecule has 0 heterocycles. The van der Waals surface area contributed by atoms with Crippen LogP contribution in [0, 0.1) is 5.92 Å². The summed E-state index contributed by atoms with van der Waals surface area (Å²) in [6.07, 6.45) is 0. The van der Waals surface area contributed by atoms with Gasteiger partial charge in [-0.3, -0.25) is 4.79 Å². The van der Waals surface area contributed by atoms with Gasteiger partial charge in [0.05, 0.1) is 0 Å². The van der Waals surface area contributed by atoms with E-state index in [2.05, 4.69) is 43.3 Å². The highest BCUT2D eigenvalue weighted by Gasteiger charge is 2.21. The Labute approximate surface area is 141 Å². The van der Waals surface area contributed by atoms with Crippen LogP contribution in [-0.4, -0.2) is 10.4 Å². The summed E-state index contributed by atoms with van der Waals surface area (Å²) < 4.78 is 0. The van der Waals surface area contributed by atoms with Gasteiger partial charge in [-0.25, -0.2) is 0 Å². The van der Waals surface area contributed by atoms with Crippen LogP contribution >= 0.6 is 23.5 Å².